The van der Waals surface area contributed by atoms with E-state index in [0.29, 0.717) is 19.9 Å². The molecule has 0 unspecified atom stereocenters. The second-order valence-corrected chi connectivity index (χ2v) is 9.59. The largest absolute Gasteiger partial charge is 0.465 e. The molecule has 0 fully saturated rings. The van der Waals surface area contributed by atoms with E-state index in [9.17, 15) is 19.1 Å². The molecule has 152 valence electrons. The summed E-state index contributed by atoms with van der Waals surface area (Å²) in [6.45, 7) is 5.01. The van der Waals surface area contributed by atoms with Crippen LogP contribution in [0.1, 0.15) is 36.0 Å². The molecule has 0 bridgehead atoms. The van der Waals surface area contributed by atoms with Crippen LogP contribution < -0.4 is 10.2 Å². The van der Waals surface area contributed by atoms with Crippen LogP contribution in [0, 0.1) is 0 Å². The van der Waals surface area contributed by atoms with Crippen LogP contribution in [0.15, 0.2) is 3.79 Å². The van der Waals surface area contributed by atoms with E-state index in [1.54, 1.807) is 25.7 Å². The van der Waals surface area contributed by atoms with Crippen molar-refractivity contribution in [3.8, 4) is 0 Å². The summed E-state index contributed by atoms with van der Waals surface area (Å²) in [6.07, 6.45) is -1.62. The van der Waals surface area contributed by atoms with Gasteiger partial charge in [-0.1, -0.05) is 0 Å². The molecule has 0 saturated carbocycles. The zero-order valence-electron chi connectivity index (χ0n) is 15.7. The van der Waals surface area contributed by atoms with Crippen LogP contribution in [0.3, 0.4) is 0 Å². The zero-order chi connectivity index (χ0) is 20.4. The molecule has 0 spiro atoms. The Morgan fingerprint density at radius 2 is 2.15 bits per heavy atom. The predicted molar refractivity (Wildman–Crippen MR) is 104 cm³/mol. The number of hydrogen-bond acceptors (Lipinski definition) is 7. The number of nitrogens with one attached hydrogen (secondary N) is 1. The lowest BCUT2D eigenvalue weighted by molar-refractivity contribution is 0.0483. The molecule has 0 aromatic carbocycles. The summed E-state index contributed by atoms with van der Waals surface area (Å²) in [6, 6.07) is -0.692. The number of hydrogen-bond donors (Lipinski definition) is 2. The number of amides is 1. The van der Waals surface area contributed by atoms with Gasteiger partial charge in [0, 0.05) is 25.1 Å². The maximum absolute atomic E-state index is 14.3. The van der Waals surface area contributed by atoms with Crippen LogP contribution >= 0.6 is 27.3 Å². The number of carbonyl (C=O) groups is 2. The number of alkyl carbamates (subject to hydrolysis) is 1. The monoisotopic (exact) mass is 466 g/mol. The lowest BCUT2D eigenvalue weighted by atomic mass is 10.0. The van der Waals surface area contributed by atoms with Gasteiger partial charge in [0.1, 0.15) is 16.6 Å². The Morgan fingerprint density at radius 1 is 1.48 bits per heavy atom. The number of aliphatic hydroxyl groups is 1. The number of anilines is 1. The molecule has 0 radical (unpaired) electrons. The van der Waals surface area contributed by atoms with E-state index in [-0.39, 0.29) is 26.1 Å². The van der Waals surface area contributed by atoms with Gasteiger partial charge in [0.05, 0.1) is 29.2 Å². The van der Waals surface area contributed by atoms with Gasteiger partial charge in [-0.3, -0.25) is 0 Å². The number of fused-ring (bicyclic) bond motifs is 1. The number of carbonyl (C=O) groups excluding carboxylic acids is 2. The van der Waals surface area contributed by atoms with E-state index in [4.69, 9.17) is 9.47 Å². The molecule has 1 aromatic rings. The van der Waals surface area contributed by atoms with Crippen LogP contribution in [0.2, 0.25) is 0 Å². The summed E-state index contributed by atoms with van der Waals surface area (Å²) in [5.74, 6) is -0.509. The van der Waals surface area contributed by atoms with E-state index in [0.717, 1.165) is 0 Å². The molecule has 7 nitrogen and oxygen atoms in total. The first-order chi connectivity index (χ1) is 12.6. The third-order valence-electron chi connectivity index (χ3n) is 3.84. The van der Waals surface area contributed by atoms with E-state index < -0.39 is 29.9 Å². The third kappa shape index (κ3) is 5.55. The van der Waals surface area contributed by atoms with Crippen molar-refractivity contribution in [1.82, 2.24) is 5.32 Å². The van der Waals surface area contributed by atoms with Crippen LogP contribution in [0.4, 0.5) is 14.9 Å². The van der Waals surface area contributed by atoms with Gasteiger partial charge in [0.2, 0.25) is 0 Å². The van der Waals surface area contributed by atoms with E-state index >= 15 is 0 Å². The molecule has 1 amide bonds. The molecule has 2 heterocycles. The molecular weight excluding hydrogens is 443 g/mol. The minimum absolute atomic E-state index is 0.0483. The van der Waals surface area contributed by atoms with Crippen molar-refractivity contribution in [3.63, 3.8) is 0 Å². The van der Waals surface area contributed by atoms with Gasteiger partial charge in [0.15, 0.2) is 0 Å². The summed E-state index contributed by atoms with van der Waals surface area (Å²) in [4.78, 5) is 26.1. The molecule has 1 aromatic heterocycles. The van der Waals surface area contributed by atoms with Gasteiger partial charge in [-0.15, -0.1) is 11.3 Å². The smallest absolute Gasteiger partial charge is 0.408 e. The summed E-state index contributed by atoms with van der Waals surface area (Å²) in [5, 5.41) is 12.2. The first-order valence-corrected chi connectivity index (χ1v) is 10.1. The van der Waals surface area contributed by atoms with Crippen molar-refractivity contribution in [2.24, 2.45) is 0 Å². The van der Waals surface area contributed by atoms with Gasteiger partial charge in [-0.05, 0) is 36.7 Å². The van der Waals surface area contributed by atoms with Gasteiger partial charge in [0.25, 0.3) is 0 Å². The van der Waals surface area contributed by atoms with Crippen LogP contribution in [0.25, 0.3) is 0 Å². The maximum Gasteiger partial charge on any atom is 0.408 e. The Hall–Kier alpha value is -1.39. The topological polar surface area (TPSA) is 88.1 Å². The van der Waals surface area contributed by atoms with E-state index in [2.05, 4.69) is 21.2 Å². The third-order valence-corrected chi connectivity index (χ3v) is 5.80. The number of alkyl halides is 1. The first-order valence-electron chi connectivity index (χ1n) is 8.44. The second-order valence-electron chi connectivity index (χ2n) is 7.26. The van der Waals surface area contributed by atoms with Crippen molar-refractivity contribution in [2.75, 3.05) is 31.7 Å². The standard InChI is InChI=1S/C17H24BrFN2O5S/c1-17(2,3)26-16(24)20-10(8-22)7-21-6-9(19)5-11-12(21)13(15(23)25-4)27-14(11)18/h9-10,22H,5-8H2,1-4H3,(H,20,24)/t9-,10+/m0/s1. The van der Waals surface area contributed by atoms with Crippen LogP contribution in [-0.4, -0.2) is 61.8 Å². The zero-order valence-corrected chi connectivity index (χ0v) is 18.1. The minimum atomic E-state index is -1.13. The molecule has 2 rings (SSSR count). The van der Waals surface area contributed by atoms with Gasteiger partial charge >= 0.3 is 12.1 Å². The molecule has 10 heteroatoms. The number of aliphatic hydroxyl groups excluding tert-OH is 1. The Morgan fingerprint density at radius 3 is 2.70 bits per heavy atom. The SMILES string of the molecule is COC(=O)c1sc(Br)c2c1N(C[C@H](CO)NC(=O)OC(C)(C)C)C[C@@H](F)C2. The fourth-order valence-electron chi connectivity index (χ4n) is 2.84. The number of nitrogens with zero attached hydrogens (tertiary/aromatic N) is 1. The Kier molecular flexibility index (Phi) is 7.09. The fraction of sp³-hybridized carbons (Fsp3) is 0.647. The molecule has 0 saturated heterocycles. The highest BCUT2D eigenvalue weighted by Crippen LogP contribution is 2.43. The molecular formula is C17H24BrFN2O5S. The molecule has 27 heavy (non-hydrogen) atoms. The summed E-state index contributed by atoms with van der Waals surface area (Å²) in [5.41, 5.74) is 0.591. The van der Waals surface area contributed by atoms with Crippen molar-refractivity contribution in [2.45, 2.75) is 45.0 Å². The Bertz CT molecular complexity index is 706. The number of thiophene rings is 1. The molecule has 1 aliphatic heterocycles. The summed E-state index contributed by atoms with van der Waals surface area (Å²) >= 11 is 4.57. The summed E-state index contributed by atoms with van der Waals surface area (Å²) < 4.78 is 25.0. The van der Waals surface area contributed by atoms with Crippen molar-refractivity contribution >= 4 is 45.0 Å². The van der Waals surface area contributed by atoms with Crippen molar-refractivity contribution in [3.05, 3.63) is 14.2 Å². The molecule has 2 atom stereocenters. The number of rotatable bonds is 5. The number of methoxy groups -OCH3 is 1. The van der Waals surface area contributed by atoms with Gasteiger partial charge in [-0.25, -0.2) is 14.0 Å². The molecule has 0 aliphatic carbocycles. The van der Waals surface area contributed by atoms with Crippen molar-refractivity contribution < 1.29 is 28.6 Å². The van der Waals surface area contributed by atoms with E-state index in [1.165, 1.54) is 18.4 Å². The normalized spacial score (nSPS) is 17.9. The summed E-state index contributed by atoms with van der Waals surface area (Å²) in [7, 11) is 1.29. The van der Waals surface area contributed by atoms with E-state index in [1.807, 2.05) is 0 Å². The van der Waals surface area contributed by atoms with Crippen molar-refractivity contribution in [1.29, 1.82) is 0 Å². The lowest BCUT2D eigenvalue weighted by Crippen LogP contribution is -2.50. The quantitative estimate of drug-likeness (QED) is 0.648. The molecule has 1 aliphatic rings. The Balaban J connectivity index is 2.23. The highest BCUT2D eigenvalue weighted by molar-refractivity contribution is 9.11. The minimum Gasteiger partial charge on any atom is -0.465 e. The molecule has 2 N–H and O–H groups in total. The first kappa shape index (κ1) is 21.9. The van der Waals surface area contributed by atoms with Gasteiger partial charge in [-0.2, -0.15) is 0 Å². The predicted octanol–water partition coefficient (Wildman–Crippen LogP) is 2.88. The fourth-order valence-corrected chi connectivity index (χ4v) is 4.68. The highest BCUT2D eigenvalue weighted by Gasteiger charge is 2.34. The lowest BCUT2D eigenvalue weighted by Gasteiger charge is -2.34. The number of halogens is 2. The van der Waals surface area contributed by atoms with Crippen LogP contribution in [0.5, 0.6) is 0 Å². The Labute approximate surface area is 169 Å². The average Bonchev–Trinajstić information content (AvgIpc) is 2.88. The average molecular weight is 467 g/mol. The van der Waals surface area contributed by atoms with Gasteiger partial charge < -0.3 is 24.8 Å². The maximum atomic E-state index is 14.3. The second kappa shape index (κ2) is 8.74. The van der Waals surface area contributed by atoms with Crippen LogP contribution in [-0.2, 0) is 15.9 Å². The number of esters is 1. The highest BCUT2D eigenvalue weighted by atomic mass is 79.9. The number of ether oxygens (including phenoxy) is 2.